The molecule has 4 aromatic rings. The first-order chi connectivity index (χ1) is 20.2. The van der Waals surface area contributed by atoms with Crippen LogP contribution in [0.2, 0.25) is 10.0 Å². The largest absolute Gasteiger partial charge is 0.507 e. The number of rotatable bonds is 9. The lowest BCUT2D eigenvalue weighted by Crippen LogP contribution is -2.29. The van der Waals surface area contributed by atoms with Crippen LogP contribution in [0.15, 0.2) is 70.6 Å². The lowest BCUT2D eigenvalue weighted by molar-refractivity contribution is -0.132. The van der Waals surface area contributed by atoms with Crippen molar-refractivity contribution in [1.82, 2.24) is 10.2 Å². The van der Waals surface area contributed by atoms with E-state index in [9.17, 15) is 14.7 Å². The molecular formula is C29H23Cl2N3O6S2. The number of thioether (sulfide) groups is 1. The van der Waals surface area contributed by atoms with Gasteiger partial charge in [-0.3, -0.25) is 14.5 Å². The van der Waals surface area contributed by atoms with Crippen LogP contribution < -0.4 is 19.1 Å². The number of aromatic nitrogens is 2. The van der Waals surface area contributed by atoms with Crippen molar-refractivity contribution >= 4 is 68.9 Å². The van der Waals surface area contributed by atoms with Crippen LogP contribution in [0.25, 0.3) is 5.76 Å². The Bertz CT molecular complexity index is 1690. The van der Waals surface area contributed by atoms with Gasteiger partial charge in [-0.15, -0.1) is 10.2 Å². The number of hydrogen-bond acceptors (Lipinski definition) is 10. The molecule has 42 heavy (non-hydrogen) atoms. The zero-order valence-corrected chi connectivity index (χ0v) is 25.6. The number of anilines is 1. The van der Waals surface area contributed by atoms with Gasteiger partial charge in [0.05, 0.1) is 32.9 Å². The Morgan fingerprint density at radius 1 is 0.952 bits per heavy atom. The van der Waals surface area contributed by atoms with Crippen LogP contribution in [-0.2, 0) is 15.3 Å². The van der Waals surface area contributed by atoms with Gasteiger partial charge in [0.25, 0.3) is 5.78 Å². The summed E-state index contributed by atoms with van der Waals surface area (Å²) in [7, 11) is 4.51. The van der Waals surface area contributed by atoms with Crippen molar-refractivity contribution in [3.63, 3.8) is 0 Å². The maximum atomic E-state index is 13.5. The molecule has 1 amide bonds. The van der Waals surface area contributed by atoms with Crippen LogP contribution in [0.3, 0.4) is 0 Å². The zero-order chi connectivity index (χ0) is 30.0. The van der Waals surface area contributed by atoms with Crippen LogP contribution in [-0.4, -0.2) is 48.3 Å². The van der Waals surface area contributed by atoms with Crippen molar-refractivity contribution in [3.8, 4) is 17.2 Å². The molecule has 0 radical (unpaired) electrons. The Kier molecular flexibility index (Phi) is 8.93. The number of aliphatic hydroxyl groups is 1. The van der Waals surface area contributed by atoms with E-state index in [0.29, 0.717) is 48.5 Å². The van der Waals surface area contributed by atoms with E-state index in [1.54, 1.807) is 54.6 Å². The van der Waals surface area contributed by atoms with Crippen molar-refractivity contribution in [1.29, 1.82) is 0 Å². The molecule has 1 fully saturated rings. The van der Waals surface area contributed by atoms with Gasteiger partial charge in [0.1, 0.15) is 11.5 Å². The summed E-state index contributed by atoms with van der Waals surface area (Å²) in [6.07, 6.45) is 0. The van der Waals surface area contributed by atoms with Crippen molar-refractivity contribution in [2.75, 3.05) is 26.2 Å². The maximum absolute atomic E-state index is 13.5. The molecule has 1 aromatic heterocycles. The van der Waals surface area contributed by atoms with Crippen LogP contribution in [0.5, 0.6) is 17.2 Å². The predicted molar refractivity (Wildman–Crippen MR) is 163 cm³/mol. The summed E-state index contributed by atoms with van der Waals surface area (Å²) in [4.78, 5) is 28.3. The summed E-state index contributed by atoms with van der Waals surface area (Å²) in [5, 5.41) is 21.1. The summed E-state index contributed by atoms with van der Waals surface area (Å²) < 4.78 is 16.6. The van der Waals surface area contributed by atoms with Gasteiger partial charge in [-0.2, -0.15) is 0 Å². The summed E-state index contributed by atoms with van der Waals surface area (Å²) in [6.45, 7) is 0. The van der Waals surface area contributed by atoms with Crippen molar-refractivity contribution in [2.24, 2.45) is 0 Å². The summed E-state index contributed by atoms with van der Waals surface area (Å²) >= 11 is 14.8. The molecular weight excluding hydrogens is 621 g/mol. The number of carbonyl (C=O) groups excluding carboxylic acids is 2. The quantitative estimate of drug-likeness (QED) is 0.0692. The molecule has 1 atom stereocenters. The molecule has 216 valence electrons. The Hall–Kier alpha value is -3.77. The molecule has 1 N–H and O–H groups in total. The van der Waals surface area contributed by atoms with E-state index in [4.69, 9.17) is 37.4 Å². The third-order valence-corrected chi connectivity index (χ3v) is 9.19. The Balaban J connectivity index is 1.56. The molecule has 1 saturated heterocycles. The van der Waals surface area contributed by atoms with E-state index in [2.05, 4.69) is 10.2 Å². The number of carbonyl (C=O) groups is 2. The fraction of sp³-hybridized carbons (Fsp3) is 0.172. The third kappa shape index (κ3) is 5.78. The molecule has 13 heteroatoms. The van der Waals surface area contributed by atoms with Gasteiger partial charge in [-0.25, -0.2) is 0 Å². The number of Topliss-reactive ketones (excluding diaryl/α,β-unsaturated/α-hetero) is 1. The molecule has 3 aromatic carbocycles. The average Bonchev–Trinajstić information content (AvgIpc) is 3.57. The maximum Gasteiger partial charge on any atom is 0.301 e. The number of ether oxygens (including phenoxy) is 3. The lowest BCUT2D eigenvalue weighted by Gasteiger charge is -2.23. The van der Waals surface area contributed by atoms with E-state index >= 15 is 0 Å². The van der Waals surface area contributed by atoms with E-state index in [-0.39, 0.29) is 16.5 Å². The number of halogens is 2. The summed E-state index contributed by atoms with van der Waals surface area (Å²) in [6, 6.07) is 15.8. The monoisotopic (exact) mass is 643 g/mol. The third-order valence-electron chi connectivity index (χ3n) is 6.50. The highest BCUT2D eigenvalue weighted by Gasteiger charge is 2.48. The highest BCUT2D eigenvalue weighted by molar-refractivity contribution is 8.00. The van der Waals surface area contributed by atoms with Crippen LogP contribution >= 0.6 is 46.3 Å². The van der Waals surface area contributed by atoms with Crippen molar-refractivity contribution in [3.05, 3.63) is 93.0 Å². The number of amides is 1. The average molecular weight is 645 g/mol. The molecule has 1 aliphatic rings. The molecule has 0 bridgehead atoms. The number of methoxy groups -OCH3 is 3. The number of hydrogen-bond donors (Lipinski definition) is 1. The standard InChI is InChI=1S/C29H23Cl2N3O6S2/c1-38-19-9-5-15(6-10-19)25(35)23-24(16-7-11-21(39-2)22(12-16)40-3)34(27(37)26(23)36)28-32-33-29(42-28)41-14-17-4-8-18(30)13-20(17)31/h4-13,24,35H,14H2,1-3H3/b25-23-. The summed E-state index contributed by atoms with van der Waals surface area (Å²) in [5.74, 6) is -0.141. The lowest BCUT2D eigenvalue weighted by atomic mass is 9.95. The minimum atomic E-state index is -1.02. The number of nitrogens with zero attached hydrogens (tertiary/aromatic N) is 3. The van der Waals surface area contributed by atoms with E-state index in [0.717, 1.165) is 16.9 Å². The van der Waals surface area contributed by atoms with Gasteiger partial charge in [-0.05, 0) is 59.7 Å². The van der Waals surface area contributed by atoms with Crippen LogP contribution in [0, 0.1) is 0 Å². The molecule has 2 heterocycles. The van der Waals surface area contributed by atoms with Crippen LogP contribution in [0.4, 0.5) is 5.13 Å². The topological polar surface area (TPSA) is 111 Å². The fourth-order valence-electron chi connectivity index (χ4n) is 4.41. The van der Waals surface area contributed by atoms with Gasteiger partial charge in [0.15, 0.2) is 15.8 Å². The van der Waals surface area contributed by atoms with E-state index in [1.165, 1.54) is 38.0 Å². The SMILES string of the molecule is COc1ccc(/C(O)=C2/C(=O)C(=O)N(c3nnc(SCc4ccc(Cl)cc4Cl)s3)C2c2ccc(OC)c(OC)c2)cc1. The highest BCUT2D eigenvalue weighted by Crippen LogP contribution is 2.45. The number of ketones is 1. The first-order valence-corrected chi connectivity index (χ1v) is 14.9. The molecule has 5 rings (SSSR count). The molecule has 1 unspecified atom stereocenters. The molecule has 0 saturated carbocycles. The molecule has 0 aliphatic carbocycles. The highest BCUT2D eigenvalue weighted by atomic mass is 35.5. The summed E-state index contributed by atoms with van der Waals surface area (Å²) in [5.41, 5.74) is 1.59. The first kappa shape index (κ1) is 29.7. The second-order valence-corrected chi connectivity index (χ2v) is 11.9. The number of benzene rings is 3. The second-order valence-electron chi connectivity index (χ2n) is 8.89. The van der Waals surface area contributed by atoms with E-state index < -0.39 is 17.7 Å². The molecule has 1 aliphatic heterocycles. The van der Waals surface area contributed by atoms with E-state index in [1.807, 2.05) is 6.07 Å². The van der Waals surface area contributed by atoms with Gasteiger partial charge < -0.3 is 19.3 Å². The fourth-order valence-corrected chi connectivity index (χ4v) is 6.83. The Morgan fingerprint density at radius 3 is 2.36 bits per heavy atom. The second kappa shape index (κ2) is 12.6. The van der Waals surface area contributed by atoms with Gasteiger partial charge in [0.2, 0.25) is 5.13 Å². The minimum Gasteiger partial charge on any atom is -0.507 e. The van der Waals surface area contributed by atoms with Gasteiger partial charge in [-0.1, -0.05) is 58.4 Å². The molecule has 0 spiro atoms. The predicted octanol–water partition coefficient (Wildman–Crippen LogP) is 6.79. The van der Waals surface area contributed by atoms with Gasteiger partial charge >= 0.3 is 5.91 Å². The Morgan fingerprint density at radius 2 is 1.69 bits per heavy atom. The zero-order valence-electron chi connectivity index (χ0n) is 22.5. The van der Waals surface area contributed by atoms with Crippen molar-refractivity contribution < 1.29 is 28.9 Å². The van der Waals surface area contributed by atoms with Crippen LogP contribution in [0.1, 0.15) is 22.7 Å². The first-order valence-electron chi connectivity index (χ1n) is 12.3. The Labute approximate surface area is 259 Å². The van der Waals surface area contributed by atoms with Gasteiger partial charge in [0, 0.05) is 21.4 Å². The minimum absolute atomic E-state index is 0.102. The number of aliphatic hydroxyl groups excluding tert-OH is 1. The normalized spacial score (nSPS) is 16.1. The smallest absolute Gasteiger partial charge is 0.301 e. The molecule has 9 nitrogen and oxygen atoms in total. The van der Waals surface area contributed by atoms with Crippen molar-refractivity contribution in [2.45, 2.75) is 16.1 Å².